The first kappa shape index (κ1) is 22.1. The SMILES string of the molecule is CCCCCCNC(=O)C1CCCN(C(=O)c2ccc(OCC)c(OC)c2)C1. The first-order valence-corrected chi connectivity index (χ1v) is 10.5. The van der Waals surface area contributed by atoms with Gasteiger partial charge < -0.3 is 19.7 Å². The van der Waals surface area contributed by atoms with Crippen molar-refractivity contribution in [3.63, 3.8) is 0 Å². The van der Waals surface area contributed by atoms with Gasteiger partial charge in [0.1, 0.15) is 0 Å². The van der Waals surface area contributed by atoms with Gasteiger partial charge in [0.15, 0.2) is 11.5 Å². The van der Waals surface area contributed by atoms with Crippen LogP contribution in [0.3, 0.4) is 0 Å². The molecule has 1 heterocycles. The maximum Gasteiger partial charge on any atom is 0.254 e. The van der Waals surface area contributed by atoms with Crippen molar-refractivity contribution in [2.45, 2.75) is 52.4 Å². The molecule has 1 aliphatic rings. The van der Waals surface area contributed by atoms with Crippen molar-refractivity contribution in [1.29, 1.82) is 0 Å². The largest absolute Gasteiger partial charge is 0.493 e. The first-order valence-electron chi connectivity index (χ1n) is 10.5. The highest BCUT2D eigenvalue weighted by atomic mass is 16.5. The summed E-state index contributed by atoms with van der Waals surface area (Å²) in [5.41, 5.74) is 0.556. The molecule has 28 heavy (non-hydrogen) atoms. The molecule has 2 amide bonds. The van der Waals surface area contributed by atoms with E-state index in [0.29, 0.717) is 36.8 Å². The van der Waals surface area contributed by atoms with E-state index < -0.39 is 0 Å². The van der Waals surface area contributed by atoms with Gasteiger partial charge in [0.05, 0.1) is 19.6 Å². The van der Waals surface area contributed by atoms with Crippen LogP contribution in [0.5, 0.6) is 11.5 Å². The molecular weight excluding hydrogens is 356 g/mol. The minimum atomic E-state index is -0.131. The Balaban J connectivity index is 1.94. The summed E-state index contributed by atoms with van der Waals surface area (Å²) in [4.78, 5) is 27.2. The second-order valence-corrected chi connectivity index (χ2v) is 7.24. The highest BCUT2D eigenvalue weighted by Crippen LogP contribution is 2.29. The number of amides is 2. The van der Waals surface area contributed by atoms with Crippen LogP contribution < -0.4 is 14.8 Å². The number of nitrogens with zero attached hydrogens (tertiary/aromatic N) is 1. The molecule has 0 aromatic heterocycles. The van der Waals surface area contributed by atoms with Gasteiger partial charge in [-0.05, 0) is 44.4 Å². The summed E-state index contributed by atoms with van der Waals surface area (Å²) < 4.78 is 10.9. The third-order valence-electron chi connectivity index (χ3n) is 5.12. The van der Waals surface area contributed by atoms with Crippen LogP contribution in [0.25, 0.3) is 0 Å². The quantitative estimate of drug-likeness (QED) is 0.619. The number of ether oxygens (including phenoxy) is 2. The normalized spacial score (nSPS) is 16.5. The number of rotatable bonds is 10. The molecule has 1 aromatic carbocycles. The second-order valence-electron chi connectivity index (χ2n) is 7.24. The van der Waals surface area contributed by atoms with Gasteiger partial charge in [-0.25, -0.2) is 0 Å². The standard InChI is InChI=1S/C22H34N2O4/c1-4-6-7-8-13-23-21(25)18-10-9-14-24(16-18)22(26)17-11-12-19(28-5-2)20(15-17)27-3/h11-12,15,18H,4-10,13-14,16H2,1-3H3,(H,23,25). The summed E-state index contributed by atoms with van der Waals surface area (Å²) in [6.45, 7) is 6.47. The van der Waals surface area contributed by atoms with E-state index in [0.717, 1.165) is 32.2 Å². The number of benzene rings is 1. The molecule has 0 aliphatic carbocycles. The Labute approximate surface area is 168 Å². The van der Waals surface area contributed by atoms with Gasteiger partial charge in [-0.2, -0.15) is 0 Å². The molecule has 1 saturated heterocycles. The highest BCUT2D eigenvalue weighted by Gasteiger charge is 2.29. The van der Waals surface area contributed by atoms with E-state index in [2.05, 4.69) is 12.2 Å². The monoisotopic (exact) mass is 390 g/mol. The van der Waals surface area contributed by atoms with Crippen molar-refractivity contribution in [2.75, 3.05) is 33.4 Å². The van der Waals surface area contributed by atoms with E-state index in [9.17, 15) is 9.59 Å². The Hall–Kier alpha value is -2.24. The smallest absolute Gasteiger partial charge is 0.254 e. The molecule has 0 spiro atoms. The molecule has 0 bridgehead atoms. The van der Waals surface area contributed by atoms with Crippen LogP contribution in [0.15, 0.2) is 18.2 Å². The summed E-state index contributed by atoms with van der Waals surface area (Å²) in [6, 6.07) is 5.23. The van der Waals surface area contributed by atoms with Crippen LogP contribution in [0.4, 0.5) is 0 Å². The van der Waals surface area contributed by atoms with Crippen LogP contribution in [-0.4, -0.2) is 50.1 Å². The van der Waals surface area contributed by atoms with Gasteiger partial charge >= 0.3 is 0 Å². The third kappa shape index (κ3) is 6.14. The number of carbonyl (C=O) groups is 2. The van der Waals surface area contributed by atoms with Crippen molar-refractivity contribution in [1.82, 2.24) is 10.2 Å². The second kappa shape index (κ2) is 11.6. The van der Waals surface area contributed by atoms with E-state index in [4.69, 9.17) is 9.47 Å². The molecule has 2 rings (SSSR count). The fourth-order valence-corrected chi connectivity index (χ4v) is 3.54. The molecule has 6 heteroatoms. The topological polar surface area (TPSA) is 67.9 Å². The molecule has 1 atom stereocenters. The van der Waals surface area contributed by atoms with Gasteiger partial charge in [-0.3, -0.25) is 9.59 Å². The lowest BCUT2D eigenvalue weighted by Crippen LogP contribution is -2.45. The molecule has 1 fully saturated rings. The van der Waals surface area contributed by atoms with E-state index in [1.54, 1.807) is 30.2 Å². The van der Waals surface area contributed by atoms with Crippen LogP contribution in [-0.2, 0) is 4.79 Å². The number of hydrogen-bond acceptors (Lipinski definition) is 4. The van der Waals surface area contributed by atoms with Crippen molar-refractivity contribution >= 4 is 11.8 Å². The third-order valence-corrected chi connectivity index (χ3v) is 5.12. The highest BCUT2D eigenvalue weighted by molar-refractivity contribution is 5.95. The summed E-state index contributed by atoms with van der Waals surface area (Å²) in [7, 11) is 1.56. The summed E-state index contributed by atoms with van der Waals surface area (Å²) in [5.74, 6) is 1.04. The van der Waals surface area contributed by atoms with Crippen molar-refractivity contribution < 1.29 is 19.1 Å². The Bertz CT molecular complexity index is 647. The average Bonchev–Trinajstić information content (AvgIpc) is 2.73. The lowest BCUT2D eigenvalue weighted by atomic mass is 9.96. The molecule has 0 saturated carbocycles. The van der Waals surface area contributed by atoms with E-state index in [-0.39, 0.29) is 17.7 Å². The fraction of sp³-hybridized carbons (Fsp3) is 0.636. The number of nitrogens with one attached hydrogen (secondary N) is 1. The van der Waals surface area contributed by atoms with Crippen LogP contribution in [0.2, 0.25) is 0 Å². The number of unbranched alkanes of at least 4 members (excludes halogenated alkanes) is 3. The van der Waals surface area contributed by atoms with E-state index in [1.165, 1.54) is 12.8 Å². The molecule has 1 unspecified atom stereocenters. The fourth-order valence-electron chi connectivity index (χ4n) is 3.54. The number of methoxy groups -OCH3 is 1. The lowest BCUT2D eigenvalue weighted by Gasteiger charge is -2.32. The lowest BCUT2D eigenvalue weighted by molar-refractivity contribution is -0.126. The predicted molar refractivity (Wildman–Crippen MR) is 110 cm³/mol. The van der Waals surface area contributed by atoms with Gasteiger partial charge in [0.25, 0.3) is 5.91 Å². The van der Waals surface area contributed by atoms with Crippen LogP contribution in [0, 0.1) is 5.92 Å². The summed E-state index contributed by atoms with van der Waals surface area (Å²) in [6.07, 6.45) is 6.22. The average molecular weight is 391 g/mol. The van der Waals surface area contributed by atoms with Crippen molar-refractivity contribution in [2.24, 2.45) is 5.92 Å². The molecule has 6 nitrogen and oxygen atoms in total. The first-order chi connectivity index (χ1) is 13.6. The number of carbonyl (C=O) groups excluding carboxylic acids is 2. The molecule has 0 radical (unpaired) electrons. The molecule has 1 aliphatic heterocycles. The predicted octanol–water partition coefficient (Wildman–Crippen LogP) is 3.64. The minimum Gasteiger partial charge on any atom is -0.493 e. The van der Waals surface area contributed by atoms with Crippen LogP contribution >= 0.6 is 0 Å². The zero-order valence-corrected chi connectivity index (χ0v) is 17.5. The summed E-state index contributed by atoms with van der Waals surface area (Å²) >= 11 is 0. The molecule has 1 aromatic rings. The van der Waals surface area contributed by atoms with Gasteiger partial charge in [0.2, 0.25) is 5.91 Å². The molecular formula is C22H34N2O4. The zero-order valence-electron chi connectivity index (χ0n) is 17.5. The van der Waals surface area contributed by atoms with Crippen LogP contribution in [0.1, 0.15) is 62.7 Å². The van der Waals surface area contributed by atoms with Crippen molar-refractivity contribution in [3.8, 4) is 11.5 Å². The summed E-state index contributed by atoms with van der Waals surface area (Å²) in [5, 5.41) is 3.04. The zero-order chi connectivity index (χ0) is 20.4. The Morgan fingerprint density at radius 2 is 2.00 bits per heavy atom. The van der Waals surface area contributed by atoms with E-state index >= 15 is 0 Å². The molecule has 156 valence electrons. The maximum atomic E-state index is 12.9. The Morgan fingerprint density at radius 1 is 1.18 bits per heavy atom. The number of piperidine rings is 1. The van der Waals surface area contributed by atoms with E-state index in [1.807, 2.05) is 6.92 Å². The Morgan fingerprint density at radius 3 is 2.71 bits per heavy atom. The number of likely N-dealkylation sites (tertiary alicyclic amines) is 1. The minimum absolute atomic E-state index is 0.0678. The maximum absolute atomic E-state index is 12.9. The number of hydrogen-bond donors (Lipinski definition) is 1. The Kier molecular flexibility index (Phi) is 9.11. The van der Waals surface area contributed by atoms with Crippen molar-refractivity contribution in [3.05, 3.63) is 23.8 Å². The van der Waals surface area contributed by atoms with Gasteiger partial charge in [-0.1, -0.05) is 26.2 Å². The van der Waals surface area contributed by atoms with Gasteiger partial charge in [0, 0.05) is 25.2 Å². The van der Waals surface area contributed by atoms with Gasteiger partial charge in [-0.15, -0.1) is 0 Å². The molecule has 1 N–H and O–H groups in total.